The number of carbonyl (C=O) groups is 1. The summed E-state index contributed by atoms with van der Waals surface area (Å²) < 4.78 is 6.69. The summed E-state index contributed by atoms with van der Waals surface area (Å²) in [6.07, 6.45) is 0.969. The second-order valence-corrected chi connectivity index (χ2v) is 7.78. The molecule has 27 heavy (non-hydrogen) atoms. The molecule has 1 atom stereocenters. The number of ether oxygens (including phenoxy) is 1. The molecular formula is C19H18ClN3O2S2. The summed E-state index contributed by atoms with van der Waals surface area (Å²) in [6.45, 7) is 4.03. The summed E-state index contributed by atoms with van der Waals surface area (Å²) in [7, 11) is 0. The molecule has 0 saturated heterocycles. The summed E-state index contributed by atoms with van der Waals surface area (Å²) in [5.41, 5.74) is 1.28. The van der Waals surface area contributed by atoms with Gasteiger partial charge in [-0.2, -0.15) is 0 Å². The second kappa shape index (κ2) is 8.65. The normalized spacial score (nSPS) is 11.8. The summed E-state index contributed by atoms with van der Waals surface area (Å²) >= 11 is 12.6. The first-order chi connectivity index (χ1) is 12.9. The van der Waals surface area contributed by atoms with Crippen molar-refractivity contribution in [3.05, 3.63) is 53.1 Å². The van der Waals surface area contributed by atoms with Crippen LogP contribution in [0.15, 0.2) is 42.5 Å². The molecule has 5 nitrogen and oxygen atoms in total. The third-order valence-corrected chi connectivity index (χ3v) is 5.18. The zero-order valence-corrected chi connectivity index (χ0v) is 17.2. The number of carbonyl (C=O) groups excluding carboxylic acids is 1. The van der Waals surface area contributed by atoms with E-state index in [0.29, 0.717) is 21.5 Å². The quantitative estimate of drug-likeness (QED) is 0.552. The first-order valence-electron chi connectivity index (χ1n) is 8.39. The van der Waals surface area contributed by atoms with Crippen LogP contribution in [0.25, 0.3) is 10.2 Å². The Morgan fingerprint density at radius 1 is 1.33 bits per heavy atom. The van der Waals surface area contributed by atoms with Gasteiger partial charge in [0, 0.05) is 10.6 Å². The number of fused-ring (bicyclic) bond motifs is 1. The fraction of sp³-hybridized carbons (Fsp3) is 0.211. The van der Waals surface area contributed by atoms with Crippen molar-refractivity contribution >= 4 is 61.5 Å². The van der Waals surface area contributed by atoms with Gasteiger partial charge in [-0.1, -0.05) is 35.9 Å². The zero-order valence-electron chi connectivity index (χ0n) is 14.8. The van der Waals surface area contributed by atoms with Crippen LogP contribution in [0.5, 0.6) is 5.75 Å². The Labute approximate surface area is 171 Å². The Hall–Kier alpha value is -2.22. The second-order valence-electron chi connectivity index (χ2n) is 5.90. The van der Waals surface area contributed by atoms with E-state index >= 15 is 0 Å². The average molecular weight is 420 g/mol. The molecule has 140 valence electrons. The van der Waals surface area contributed by atoms with Crippen molar-refractivity contribution in [2.75, 3.05) is 5.32 Å². The Bertz CT molecular complexity index is 990. The van der Waals surface area contributed by atoms with Crippen molar-refractivity contribution in [3.63, 3.8) is 0 Å². The Morgan fingerprint density at radius 3 is 2.93 bits per heavy atom. The van der Waals surface area contributed by atoms with Crippen molar-refractivity contribution in [1.82, 2.24) is 10.3 Å². The highest BCUT2D eigenvalue weighted by molar-refractivity contribution is 7.80. The topological polar surface area (TPSA) is 63.2 Å². The minimum absolute atomic E-state index is 0.0820. The minimum Gasteiger partial charge on any atom is -0.491 e. The Balaban J connectivity index is 1.64. The fourth-order valence-electron chi connectivity index (χ4n) is 2.28. The van der Waals surface area contributed by atoms with E-state index in [9.17, 15) is 4.79 Å². The monoisotopic (exact) mass is 419 g/mol. The Kier molecular flexibility index (Phi) is 6.26. The summed E-state index contributed by atoms with van der Waals surface area (Å²) in [5.74, 6) is 0.338. The number of hydrogen-bond donors (Lipinski definition) is 2. The summed E-state index contributed by atoms with van der Waals surface area (Å²) in [4.78, 5) is 16.9. The lowest BCUT2D eigenvalue weighted by Crippen LogP contribution is -2.34. The van der Waals surface area contributed by atoms with Gasteiger partial charge in [-0.15, -0.1) is 0 Å². The number of anilines is 1. The van der Waals surface area contributed by atoms with Crippen LogP contribution in [0.3, 0.4) is 0 Å². The molecule has 0 aliphatic carbocycles. The van der Waals surface area contributed by atoms with E-state index in [2.05, 4.69) is 15.6 Å². The number of hydrogen-bond acceptors (Lipinski definition) is 5. The van der Waals surface area contributed by atoms with Crippen LogP contribution in [0, 0.1) is 0 Å². The molecule has 3 aromatic rings. The van der Waals surface area contributed by atoms with Crippen LogP contribution >= 0.6 is 35.2 Å². The molecule has 2 aromatic carbocycles. The van der Waals surface area contributed by atoms with Gasteiger partial charge in [0.1, 0.15) is 5.75 Å². The zero-order chi connectivity index (χ0) is 19.4. The third-order valence-electron chi connectivity index (χ3n) is 3.81. The van der Waals surface area contributed by atoms with Gasteiger partial charge < -0.3 is 10.1 Å². The first-order valence-corrected chi connectivity index (χ1v) is 10.00. The number of nitrogens with zero attached hydrogens (tertiary/aromatic N) is 1. The number of halogens is 1. The van der Waals surface area contributed by atoms with Gasteiger partial charge in [-0.05, 0) is 62.0 Å². The molecule has 2 N–H and O–H groups in total. The average Bonchev–Trinajstić information content (AvgIpc) is 3.02. The van der Waals surface area contributed by atoms with Crippen molar-refractivity contribution < 1.29 is 9.53 Å². The molecule has 0 saturated carbocycles. The standard InChI is InChI=1S/C19H18ClN3O2S2/c1-3-11(2)25-14-6-4-5-12(9-14)17(24)22-18(26)23-19-21-15-8-7-13(20)10-16(15)27-19/h4-11H,3H2,1-2H3,(H2,21,22,23,24,26). The Morgan fingerprint density at radius 2 is 2.15 bits per heavy atom. The van der Waals surface area contributed by atoms with Crippen molar-refractivity contribution in [3.8, 4) is 5.75 Å². The molecule has 0 bridgehead atoms. The van der Waals surface area contributed by atoms with E-state index in [1.54, 1.807) is 24.3 Å². The highest BCUT2D eigenvalue weighted by Gasteiger charge is 2.12. The highest BCUT2D eigenvalue weighted by atomic mass is 35.5. The molecule has 1 heterocycles. The molecule has 0 aliphatic heterocycles. The molecule has 0 radical (unpaired) electrons. The number of benzene rings is 2. The van der Waals surface area contributed by atoms with Gasteiger partial charge in [0.2, 0.25) is 0 Å². The molecule has 0 spiro atoms. The molecule has 1 amide bonds. The van der Waals surface area contributed by atoms with Gasteiger partial charge in [-0.25, -0.2) is 4.98 Å². The van der Waals surface area contributed by atoms with Crippen LogP contribution in [0.2, 0.25) is 5.02 Å². The van der Waals surface area contributed by atoms with Crippen molar-refractivity contribution in [2.24, 2.45) is 0 Å². The fourth-order valence-corrected chi connectivity index (χ4v) is 3.68. The summed E-state index contributed by atoms with van der Waals surface area (Å²) in [5, 5.41) is 7.02. The molecule has 1 aromatic heterocycles. The molecular weight excluding hydrogens is 402 g/mol. The number of thiocarbonyl (C=S) groups is 1. The molecule has 8 heteroatoms. The lowest BCUT2D eigenvalue weighted by molar-refractivity contribution is 0.0977. The number of amides is 1. The maximum Gasteiger partial charge on any atom is 0.257 e. The maximum absolute atomic E-state index is 12.4. The summed E-state index contributed by atoms with van der Waals surface area (Å²) in [6, 6.07) is 12.5. The third kappa shape index (κ3) is 5.15. The van der Waals surface area contributed by atoms with Gasteiger partial charge in [0.05, 0.1) is 16.3 Å². The largest absolute Gasteiger partial charge is 0.491 e. The molecule has 0 aliphatic rings. The van der Waals surface area contributed by atoms with E-state index < -0.39 is 0 Å². The number of aromatic nitrogens is 1. The number of thiazole rings is 1. The van der Waals surface area contributed by atoms with Crippen molar-refractivity contribution in [2.45, 2.75) is 26.4 Å². The maximum atomic E-state index is 12.4. The molecule has 3 rings (SSSR count). The van der Waals surface area contributed by atoms with Crippen molar-refractivity contribution in [1.29, 1.82) is 0 Å². The van der Waals surface area contributed by atoms with Gasteiger partial charge in [0.15, 0.2) is 10.2 Å². The lowest BCUT2D eigenvalue weighted by Gasteiger charge is -2.13. The SMILES string of the molecule is CCC(C)Oc1cccc(C(=O)NC(=S)Nc2nc3ccc(Cl)cc3s2)c1. The van der Waals surface area contributed by atoms with E-state index in [1.807, 2.05) is 32.0 Å². The lowest BCUT2D eigenvalue weighted by atomic mass is 10.2. The predicted molar refractivity (Wildman–Crippen MR) is 115 cm³/mol. The van der Waals surface area contributed by atoms with Gasteiger partial charge in [0.25, 0.3) is 5.91 Å². The van der Waals surface area contributed by atoms with Crippen LogP contribution in [0.4, 0.5) is 5.13 Å². The molecule has 1 unspecified atom stereocenters. The number of rotatable bonds is 5. The van der Waals surface area contributed by atoms with Crippen LogP contribution in [0.1, 0.15) is 30.6 Å². The van der Waals surface area contributed by atoms with Gasteiger partial charge in [-0.3, -0.25) is 10.1 Å². The predicted octanol–water partition coefficient (Wildman–Crippen LogP) is 5.25. The highest BCUT2D eigenvalue weighted by Crippen LogP contribution is 2.28. The first kappa shape index (κ1) is 19.5. The van der Waals surface area contributed by atoms with E-state index in [4.69, 9.17) is 28.6 Å². The van der Waals surface area contributed by atoms with E-state index in [0.717, 1.165) is 16.6 Å². The van der Waals surface area contributed by atoms with Gasteiger partial charge >= 0.3 is 0 Å². The van der Waals surface area contributed by atoms with Crippen LogP contribution in [-0.2, 0) is 0 Å². The minimum atomic E-state index is -0.314. The smallest absolute Gasteiger partial charge is 0.257 e. The number of nitrogens with one attached hydrogen (secondary N) is 2. The van der Waals surface area contributed by atoms with Crippen LogP contribution in [-0.4, -0.2) is 22.1 Å². The van der Waals surface area contributed by atoms with Crippen LogP contribution < -0.4 is 15.4 Å². The van der Waals surface area contributed by atoms with E-state index in [1.165, 1.54) is 11.3 Å². The molecule has 0 fully saturated rings. The van der Waals surface area contributed by atoms with E-state index in [-0.39, 0.29) is 17.1 Å².